The molecule has 2 aromatic carbocycles. The third-order valence-electron chi connectivity index (χ3n) is 2.52. The molecule has 0 aliphatic heterocycles. The van der Waals surface area contributed by atoms with E-state index >= 15 is 0 Å². The van der Waals surface area contributed by atoms with E-state index < -0.39 is 0 Å². The van der Waals surface area contributed by atoms with E-state index in [1.807, 2.05) is 12.1 Å². The minimum Gasteiger partial charge on any atom is -0.508 e. The predicted octanol–water partition coefficient (Wildman–Crippen LogP) is 6.66. The molecule has 2 aromatic rings. The van der Waals surface area contributed by atoms with Crippen LogP contribution in [0.1, 0.15) is 0 Å². The van der Waals surface area contributed by atoms with Crippen LogP contribution in [-0.4, -0.2) is 18.3 Å². The van der Waals surface area contributed by atoms with Crippen molar-refractivity contribution in [2.24, 2.45) is 0 Å². The van der Waals surface area contributed by atoms with Crippen LogP contribution in [0.25, 0.3) is 0 Å². The zero-order chi connectivity index (χ0) is 16.3. The van der Waals surface area contributed by atoms with Crippen molar-refractivity contribution < 1.29 is 14.6 Å². The van der Waals surface area contributed by atoms with Crippen LogP contribution in [0.5, 0.6) is 17.2 Å². The lowest BCUT2D eigenvalue weighted by Crippen LogP contribution is -2.10. The average molecular weight is 625 g/mol. The van der Waals surface area contributed by atoms with Gasteiger partial charge in [0.1, 0.15) is 30.5 Å². The summed E-state index contributed by atoms with van der Waals surface area (Å²) in [6, 6.07) is 6.97. The molecule has 0 spiro atoms. The summed E-state index contributed by atoms with van der Waals surface area (Å²) in [5.74, 6) is 1.50. The number of phenolic OH excluding ortho intramolecular Hbond substituents is 1. The highest BCUT2D eigenvalue weighted by atomic mass is 79.9. The highest BCUT2D eigenvalue weighted by molar-refractivity contribution is 9.12. The molecule has 0 bridgehead atoms. The second-order valence-electron chi connectivity index (χ2n) is 4.13. The van der Waals surface area contributed by atoms with Gasteiger partial charge in [-0.05, 0) is 88.0 Å². The first kappa shape index (κ1) is 18.6. The molecule has 3 nitrogen and oxygen atoms in total. The Morgan fingerprint density at radius 1 is 0.682 bits per heavy atom. The number of rotatable bonds is 5. The summed E-state index contributed by atoms with van der Waals surface area (Å²) in [5, 5.41) is 9.47. The van der Waals surface area contributed by atoms with E-state index in [0.717, 1.165) is 19.2 Å². The van der Waals surface area contributed by atoms with Crippen molar-refractivity contribution in [1.82, 2.24) is 0 Å². The second kappa shape index (κ2) is 8.37. The molecule has 0 fully saturated rings. The molecule has 0 aliphatic carbocycles. The van der Waals surface area contributed by atoms with Crippen LogP contribution in [0, 0.1) is 0 Å². The van der Waals surface area contributed by atoms with Gasteiger partial charge in [-0.3, -0.25) is 0 Å². The Kier molecular flexibility index (Phi) is 7.07. The van der Waals surface area contributed by atoms with Gasteiger partial charge in [-0.2, -0.15) is 0 Å². The number of ether oxygens (including phenoxy) is 2. The van der Waals surface area contributed by atoms with Crippen molar-refractivity contribution in [3.63, 3.8) is 0 Å². The maximum atomic E-state index is 9.47. The van der Waals surface area contributed by atoms with Gasteiger partial charge in [-0.15, -0.1) is 0 Å². The molecule has 0 saturated carbocycles. The summed E-state index contributed by atoms with van der Waals surface area (Å²) in [5.41, 5.74) is 0. The van der Waals surface area contributed by atoms with E-state index in [2.05, 4.69) is 79.6 Å². The van der Waals surface area contributed by atoms with Crippen LogP contribution in [0.4, 0.5) is 0 Å². The molecule has 8 heteroatoms. The zero-order valence-corrected chi connectivity index (χ0v) is 18.8. The molecule has 0 heterocycles. The highest BCUT2D eigenvalue weighted by Gasteiger charge is 2.10. The van der Waals surface area contributed by atoms with Crippen LogP contribution in [0.3, 0.4) is 0 Å². The Bertz CT molecular complexity index is 585. The van der Waals surface area contributed by atoms with Gasteiger partial charge in [0.2, 0.25) is 0 Å². The summed E-state index contributed by atoms with van der Waals surface area (Å²) in [6.45, 7) is 0.732. The number of benzene rings is 2. The minimum atomic E-state index is 0.157. The molecular weight excluding hydrogens is 616 g/mol. The number of aromatic hydroxyl groups is 1. The van der Waals surface area contributed by atoms with Gasteiger partial charge in [-0.1, -0.05) is 15.9 Å². The van der Waals surface area contributed by atoms with Crippen molar-refractivity contribution in [3.8, 4) is 17.2 Å². The molecule has 0 amide bonds. The number of hydrogen-bond acceptors (Lipinski definition) is 3. The molecular formula is C14H9Br5O3. The van der Waals surface area contributed by atoms with Gasteiger partial charge in [0.15, 0.2) is 0 Å². The highest BCUT2D eigenvalue weighted by Crippen LogP contribution is 2.38. The smallest absolute Gasteiger partial charge is 0.148 e. The molecule has 22 heavy (non-hydrogen) atoms. The fraction of sp³-hybridized carbons (Fsp3) is 0.143. The number of halogens is 5. The Balaban J connectivity index is 1.96. The first-order valence-electron chi connectivity index (χ1n) is 5.96. The first-order valence-corrected chi connectivity index (χ1v) is 9.93. The Morgan fingerprint density at radius 2 is 1.05 bits per heavy atom. The van der Waals surface area contributed by atoms with E-state index in [-0.39, 0.29) is 5.75 Å². The third-order valence-corrected chi connectivity index (χ3v) is 5.34. The lowest BCUT2D eigenvalue weighted by atomic mass is 10.3. The van der Waals surface area contributed by atoms with Gasteiger partial charge in [0, 0.05) is 4.47 Å². The molecule has 0 saturated heterocycles. The summed E-state index contributed by atoms with van der Waals surface area (Å²) in [7, 11) is 0. The van der Waals surface area contributed by atoms with E-state index in [4.69, 9.17) is 9.47 Å². The summed E-state index contributed by atoms with van der Waals surface area (Å²) >= 11 is 17.0. The van der Waals surface area contributed by atoms with Crippen molar-refractivity contribution in [2.75, 3.05) is 13.2 Å². The van der Waals surface area contributed by atoms with Crippen molar-refractivity contribution in [3.05, 3.63) is 46.6 Å². The van der Waals surface area contributed by atoms with Crippen molar-refractivity contribution in [2.45, 2.75) is 0 Å². The third kappa shape index (κ3) is 4.87. The van der Waals surface area contributed by atoms with E-state index in [1.165, 1.54) is 0 Å². The fourth-order valence-corrected chi connectivity index (χ4v) is 5.52. The lowest BCUT2D eigenvalue weighted by Gasteiger charge is -2.13. The normalized spacial score (nSPS) is 10.6. The maximum absolute atomic E-state index is 9.47. The molecule has 1 N–H and O–H groups in total. The van der Waals surface area contributed by atoms with Gasteiger partial charge in [0.05, 0.1) is 17.9 Å². The summed E-state index contributed by atoms with van der Waals surface area (Å²) in [4.78, 5) is 0. The molecule has 0 aliphatic rings. The first-order chi connectivity index (χ1) is 10.4. The van der Waals surface area contributed by atoms with E-state index in [9.17, 15) is 5.11 Å². The molecule has 0 radical (unpaired) electrons. The SMILES string of the molecule is Oc1cc(Br)c(OCCOc2c(Br)cc(Br)cc2Br)c(Br)c1. The standard InChI is InChI=1S/C14H9Br5O3/c15-7-3-9(16)13(10(17)4-7)21-1-2-22-14-11(18)5-8(20)6-12(14)19/h3-6,20H,1-2H2. The van der Waals surface area contributed by atoms with Crippen LogP contribution in [-0.2, 0) is 0 Å². The molecule has 0 atom stereocenters. The maximum Gasteiger partial charge on any atom is 0.148 e. The summed E-state index contributed by atoms with van der Waals surface area (Å²) in [6.07, 6.45) is 0. The molecule has 0 aromatic heterocycles. The van der Waals surface area contributed by atoms with Gasteiger partial charge < -0.3 is 14.6 Å². The van der Waals surface area contributed by atoms with Gasteiger partial charge in [0.25, 0.3) is 0 Å². The van der Waals surface area contributed by atoms with Gasteiger partial charge in [-0.25, -0.2) is 0 Å². The fourth-order valence-electron chi connectivity index (χ4n) is 1.64. The minimum absolute atomic E-state index is 0.157. The lowest BCUT2D eigenvalue weighted by molar-refractivity contribution is 0.213. The van der Waals surface area contributed by atoms with E-state index in [1.54, 1.807) is 12.1 Å². The van der Waals surface area contributed by atoms with Crippen molar-refractivity contribution >= 4 is 79.6 Å². The quantitative estimate of drug-likeness (QED) is 0.378. The molecule has 2 rings (SSSR count). The second-order valence-corrected chi connectivity index (χ2v) is 8.47. The van der Waals surface area contributed by atoms with Crippen LogP contribution in [0.2, 0.25) is 0 Å². The largest absolute Gasteiger partial charge is 0.508 e. The number of hydrogen-bond donors (Lipinski definition) is 1. The van der Waals surface area contributed by atoms with Gasteiger partial charge >= 0.3 is 0 Å². The Hall–Kier alpha value is 0.240. The Labute approximate surface area is 170 Å². The topological polar surface area (TPSA) is 38.7 Å². The zero-order valence-electron chi connectivity index (χ0n) is 10.9. The van der Waals surface area contributed by atoms with Crippen LogP contribution in [0.15, 0.2) is 46.6 Å². The average Bonchev–Trinajstić information content (AvgIpc) is 2.38. The van der Waals surface area contributed by atoms with Crippen molar-refractivity contribution in [1.29, 1.82) is 0 Å². The molecule has 0 unspecified atom stereocenters. The molecule has 118 valence electrons. The van der Waals surface area contributed by atoms with Crippen LogP contribution >= 0.6 is 79.6 Å². The van der Waals surface area contributed by atoms with Crippen LogP contribution < -0.4 is 9.47 Å². The predicted molar refractivity (Wildman–Crippen MR) is 104 cm³/mol. The van der Waals surface area contributed by atoms with E-state index in [0.29, 0.717) is 27.9 Å². The monoisotopic (exact) mass is 620 g/mol. The summed E-state index contributed by atoms with van der Waals surface area (Å²) < 4.78 is 15.4. The number of phenols is 1. The Morgan fingerprint density at radius 3 is 1.45 bits per heavy atom.